The molecule has 1 aliphatic heterocycles. The lowest BCUT2D eigenvalue weighted by atomic mass is 10.1. The van der Waals surface area contributed by atoms with Gasteiger partial charge in [-0.2, -0.15) is 5.10 Å². The summed E-state index contributed by atoms with van der Waals surface area (Å²) in [4.78, 5) is 34.0. The van der Waals surface area contributed by atoms with E-state index in [1.165, 1.54) is 12.3 Å². The van der Waals surface area contributed by atoms with Crippen LogP contribution in [0.4, 0.5) is 0 Å². The minimum atomic E-state index is -0.692. The van der Waals surface area contributed by atoms with Crippen LogP contribution < -0.4 is 10.6 Å². The Morgan fingerprint density at radius 3 is 2.94 bits per heavy atom. The summed E-state index contributed by atoms with van der Waals surface area (Å²) in [6.45, 7) is 0. The van der Waals surface area contributed by atoms with Crippen molar-refractivity contribution >= 4 is 17.7 Å². The van der Waals surface area contributed by atoms with Gasteiger partial charge < -0.3 is 5.32 Å². The van der Waals surface area contributed by atoms with Crippen molar-refractivity contribution in [3.8, 4) is 0 Å². The molecule has 7 heteroatoms. The molecule has 1 atom stereocenters. The maximum Gasteiger partial charge on any atom is 0.272 e. The van der Waals surface area contributed by atoms with E-state index < -0.39 is 17.9 Å². The van der Waals surface area contributed by atoms with Gasteiger partial charge in [0.15, 0.2) is 5.69 Å². The fraction of sp³-hybridized carbons (Fsp3) is 0.300. The highest BCUT2D eigenvalue weighted by Gasteiger charge is 2.28. The van der Waals surface area contributed by atoms with Crippen LogP contribution >= 0.6 is 0 Å². The smallest absolute Gasteiger partial charge is 0.272 e. The van der Waals surface area contributed by atoms with Gasteiger partial charge in [0.2, 0.25) is 11.8 Å². The molecule has 1 aliphatic rings. The minimum Gasteiger partial charge on any atom is -0.339 e. The zero-order valence-electron chi connectivity index (χ0n) is 8.84. The second-order valence-electron chi connectivity index (χ2n) is 3.59. The summed E-state index contributed by atoms with van der Waals surface area (Å²) < 4.78 is 0. The van der Waals surface area contributed by atoms with Gasteiger partial charge in [-0.25, -0.2) is 0 Å². The van der Waals surface area contributed by atoms with Crippen molar-refractivity contribution in [2.45, 2.75) is 18.9 Å². The van der Waals surface area contributed by atoms with Gasteiger partial charge in [-0.05, 0) is 18.6 Å². The first-order valence-corrected chi connectivity index (χ1v) is 5.09. The van der Waals surface area contributed by atoms with E-state index >= 15 is 0 Å². The van der Waals surface area contributed by atoms with Crippen LogP contribution in [-0.4, -0.2) is 34.0 Å². The van der Waals surface area contributed by atoms with Crippen molar-refractivity contribution in [2.75, 3.05) is 0 Å². The van der Waals surface area contributed by atoms with Gasteiger partial charge in [-0.15, -0.1) is 5.10 Å². The van der Waals surface area contributed by atoms with Crippen LogP contribution in [0.2, 0.25) is 0 Å². The molecular weight excluding hydrogens is 224 g/mol. The number of carbonyl (C=O) groups is 3. The third-order valence-electron chi connectivity index (χ3n) is 2.35. The van der Waals surface area contributed by atoms with Gasteiger partial charge in [0.05, 0.1) is 0 Å². The number of imide groups is 1. The lowest BCUT2D eigenvalue weighted by Gasteiger charge is -2.21. The van der Waals surface area contributed by atoms with Crippen LogP contribution in [0.25, 0.3) is 0 Å². The minimum absolute atomic E-state index is 0.136. The molecule has 17 heavy (non-hydrogen) atoms. The molecule has 0 aliphatic carbocycles. The number of hydrogen-bond acceptors (Lipinski definition) is 5. The highest BCUT2D eigenvalue weighted by atomic mass is 16.2. The number of amides is 3. The Morgan fingerprint density at radius 1 is 1.47 bits per heavy atom. The highest BCUT2D eigenvalue weighted by molar-refractivity contribution is 6.03. The van der Waals surface area contributed by atoms with Crippen molar-refractivity contribution < 1.29 is 14.4 Å². The van der Waals surface area contributed by atoms with Crippen LogP contribution in [0, 0.1) is 0 Å². The fourth-order valence-corrected chi connectivity index (χ4v) is 1.49. The molecule has 0 radical (unpaired) electrons. The number of rotatable bonds is 2. The molecule has 2 N–H and O–H groups in total. The Balaban J connectivity index is 2.00. The zero-order chi connectivity index (χ0) is 12.3. The number of carbonyl (C=O) groups excluding carboxylic acids is 3. The van der Waals surface area contributed by atoms with Crippen molar-refractivity contribution in [3.05, 3.63) is 24.0 Å². The van der Waals surface area contributed by atoms with E-state index in [0.717, 1.165) is 0 Å². The molecule has 1 unspecified atom stereocenters. The summed E-state index contributed by atoms with van der Waals surface area (Å²) >= 11 is 0. The summed E-state index contributed by atoms with van der Waals surface area (Å²) in [7, 11) is 0. The zero-order valence-corrected chi connectivity index (χ0v) is 8.84. The monoisotopic (exact) mass is 234 g/mol. The largest absolute Gasteiger partial charge is 0.339 e. The Bertz CT molecular complexity index is 460. The van der Waals surface area contributed by atoms with E-state index in [2.05, 4.69) is 20.8 Å². The molecule has 0 spiro atoms. The van der Waals surface area contributed by atoms with E-state index in [9.17, 15) is 14.4 Å². The van der Waals surface area contributed by atoms with Crippen molar-refractivity contribution in [3.63, 3.8) is 0 Å². The lowest BCUT2D eigenvalue weighted by molar-refractivity contribution is -0.134. The molecule has 2 rings (SSSR count). The van der Waals surface area contributed by atoms with Gasteiger partial charge in [0.1, 0.15) is 6.04 Å². The summed E-state index contributed by atoms with van der Waals surface area (Å²) in [6, 6.07) is 2.38. The summed E-state index contributed by atoms with van der Waals surface area (Å²) in [5, 5.41) is 11.8. The third kappa shape index (κ3) is 2.63. The normalized spacial score (nSPS) is 19.6. The molecular formula is C10H10N4O3. The Hall–Kier alpha value is -2.31. The molecule has 7 nitrogen and oxygen atoms in total. The number of nitrogens with one attached hydrogen (secondary N) is 2. The van der Waals surface area contributed by atoms with E-state index in [4.69, 9.17) is 0 Å². The van der Waals surface area contributed by atoms with Crippen LogP contribution in [0.15, 0.2) is 18.3 Å². The number of aromatic nitrogens is 2. The second-order valence-corrected chi connectivity index (χ2v) is 3.59. The standard InChI is InChI=1S/C10H10N4O3/c15-8-4-3-6(9(16)13-8)12-10(17)7-2-1-5-11-14-7/h1-2,5-6H,3-4H2,(H,12,17)(H,13,15,16). The topological polar surface area (TPSA) is 101 Å². The van der Waals surface area contributed by atoms with E-state index in [-0.39, 0.29) is 18.0 Å². The molecule has 0 saturated carbocycles. The van der Waals surface area contributed by atoms with Crippen molar-refractivity contribution in [1.29, 1.82) is 0 Å². The van der Waals surface area contributed by atoms with Crippen molar-refractivity contribution in [2.24, 2.45) is 0 Å². The molecule has 88 valence electrons. The number of nitrogens with zero attached hydrogens (tertiary/aromatic N) is 2. The molecule has 1 aromatic heterocycles. The fourth-order valence-electron chi connectivity index (χ4n) is 1.49. The van der Waals surface area contributed by atoms with Gasteiger partial charge in [0.25, 0.3) is 5.91 Å². The Labute approximate surface area is 96.6 Å². The number of hydrogen-bond donors (Lipinski definition) is 2. The van der Waals surface area contributed by atoms with Crippen LogP contribution in [0.3, 0.4) is 0 Å². The van der Waals surface area contributed by atoms with Crippen molar-refractivity contribution in [1.82, 2.24) is 20.8 Å². The first kappa shape index (κ1) is 11.2. The summed E-state index contributed by atoms with van der Waals surface area (Å²) in [5.41, 5.74) is 0.136. The molecule has 1 fully saturated rings. The molecule has 2 heterocycles. The van der Waals surface area contributed by atoms with E-state index in [1.54, 1.807) is 6.07 Å². The summed E-state index contributed by atoms with van der Waals surface area (Å²) in [5.74, 6) is -1.29. The van der Waals surface area contributed by atoms with Crippen LogP contribution in [-0.2, 0) is 9.59 Å². The Morgan fingerprint density at radius 2 is 2.29 bits per heavy atom. The first-order chi connectivity index (χ1) is 8.16. The second kappa shape index (κ2) is 4.69. The summed E-state index contributed by atoms with van der Waals surface area (Å²) in [6.07, 6.45) is 1.97. The molecule has 1 saturated heterocycles. The SMILES string of the molecule is O=C1CCC(NC(=O)c2cccnn2)C(=O)N1. The average molecular weight is 234 g/mol. The van der Waals surface area contributed by atoms with Gasteiger partial charge in [-0.1, -0.05) is 0 Å². The maximum absolute atomic E-state index is 11.7. The van der Waals surface area contributed by atoms with E-state index in [0.29, 0.717) is 6.42 Å². The third-order valence-corrected chi connectivity index (χ3v) is 2.35. The molecule has 3 amide bonds. The van der Waals surface area contributed by atoms with Gasteiger partial charge in [0, 0.05) is 12.6 Å². The van der Waals surface area contributed by atoms with Gasteiger partial charge >= 0.3 is 0 Å². The van der Waals surface area contributed by atoms with Gasteiger partial charge in [-0.3, -0.25) is 19.7 Å². The predicted molar refractivity (Wildman–Crippen MR) is 55.7 cm³/mol. The number of piperidine rings is 1. The van der Waals surface area contributed by atoms with Crippen LogP contribution in [0.1, 0.15) is 23.3 Å². The molecule has 0 bridgehead atoms. The quantitative estimate of drug-likeness (QED) is 0.640. The van der Waals surface area contributed by atoms with E-state index in [1.807, 2.05) is 0 Å². The molecule has 1 aromatic rings. The Kier molecular flexibility index (Phi) is 3.08. The first-order valence-electron chi connectivity index (χ1n) is 5.09. The lowest BCUT2D eigenvalue weighted by Crippen LogP contribution is -2.52. The maximum atomic E-state index is 11.7. The average Bonchev–Trinajstić information content (AvgIpc) is 2.34. The van der Waals surface area contributed by atoms with Crippen LogP contribution in [0.5, 0.6) is 0 Å². The molecule has 0 aromatic carbocycles. The highest BCUT2D eigenvalue weighted by Crippen LogP contribution is 2.05. The predicted octanol–water partition coefficient (Wildman–Crippen LogP) is -0.988.